The highest BCUT2D eigenvalue weighted by Gasteiger charge is 2.06. The molecule has 0 saturated heterocycles. The lowest BCUT2D eigenvalue weighted by atomic mass is 10.3. The Morgan fingerprint density at radius 2 is 2.45 bits per heavy atom. The van der Waals surface area contributed by atoms with Gasteiger partial charge in [-0.25, -0.2) is 4.98 Å². The molecule has 0 atom stereocenters. The maximum absolute atomic E-state index is 4.72. The van der Waals surface area contributed by atoms with Gasteiger partial charge in [0.25, 0.3) is 0 Å². The van der Waals surface area contributed by atoms with Crippen LogP contribution in [0, 0.1) is 6.92 Å². The van der Waals surface area contributed by atoms with Crippen molar-refractivity contribution in [1.29, 1.82) is 0 Å². The summed E-state index contributed by atoms with van der Waals surface area (Å²) >= 11 is 1.57. The van der Waals surface area contributed by atoms with E-state index in [0.29, 0.717) is 0 Å². The smallest absolute Gasteiger partial charge is 0.125 e. The van der Waals surface area contributed by atoms with Crippen molar-refractivity contribution in [2.24, 2.45) is 0 Å². The molecule has 56 valence electrons. The normalized spacial score (nSPS) is 10.3. The molecule has 2 rings (SSSR count). The zero-order chi connectivity index (χ0) is 7.68. The Labute approximate surface area is 67.7 Å². The van der Waals surface area contributed by atoms with Crippen molar-refractivity contribution in [2.45, 2.75) is 6.92 Å². The second-order valence-electron chi connectivity index (χ2n) is 2.15. The number of nitrogens with zero attached hydrogens (tertiary/aromatic N) is 2. The zero-order valence-electron chi connectivity index (χ0n) is 5.94. The molecule has 0 radical (unpaired) electrons. The number of aryl methyl sites for hydroxylation is 1. The Balaban J connectivity index is 2.53. The molecule has 0 saturated carbocycles. The summed E-state index contributed by atoms with van der Waals surface area (Å²) in [4.78, 5) is 5.19. The van der Waals surface area contributed by atoms with Crippen molar-refractivity contribution in [3.8, 4) is 10.6 Å². The van der Waals surface area contributed by atoms with Crippen LogP contribution in [0.5, 0.6) is 0 Å². The SMILES string of the molecule is Cc1ncsc1-c1ccon1. The molecule has 2 aromatic rings. The molecule has 0 fully saturated rings. The van der Waals surface area contributed by atoms with E-state index in [1.54, 1.807) is 23.1 Å². The highest BCUT2D eigenvalue weighted by Crippen LogP contribution is 2.24. The summed E-state index contributed by atoms with van der Waals surface area (Å²) in [7, 11) is 0. The third-order valence-electron chi connectivity index (χ3n) is 1.42. The Morgan fingerprint density at radius 1 is 1.55 bits per heavy atom. The summed E-state index contributed by atoms with van der Waals surface area (Å²) in [6.45, 7) is 1.96. The number of rotatable bonds is 1. The molecule has 0 aromatic carbocycles. The summed E-state index contributed by atoms with van der Waals surface area (Å²) in [6, 6.07) is 1.83. The summed E-state index contributed by atoms with van der Waals surface area (Å²) < 4.78 is 4.72. The van der Waals surface area contributed by atoms with Gasteiger partial charge >= 0.3 is 0 Å². The Hall–Kier alpha value is -1.16. The van der Waals surface area contributed by atoms with Crippen molar-refractivity contribution in [1.82, 2.24) is 10.1 Å². The number of thiazole rings is 1. The molecule has 11 heavy (non-hydrogen) atoms. The second-order valence-corrected chi connectivity index (χ2v) is 3.01. The van der Waals surface area contributed by atoms with Crippen LogP contribution in [-0.4, -0.2) is 10.1 Å². The lowest BCUT2D eigenvalue weighted by Crippen LogP contribution is -1.75. The molecule has 0 bridgehead atoms. The third kappa shape index (κ3) is 1.05. The van der Waals surface area contributed by atoms with Crippen molar-refractivity contribution in [2.75, 3.05) is 0 Å². The minimum atomic E-state index is 0.866. The maximum Gasteiger partial charge on any atom is 0.125 e. The first-order valence-corrected chi connectivity index (χ1v) is 4.07. The van der Waals surface area contributed by atoms with Crippen LogP contribution in [0.4, 0.5) is 0 Å². The lowest BCUT2D eigenvalue weighted by Gasteiger charge is -1.87. The molecule has 0 aliphatic carbocycles. The van der Waals surface area contributed by atoms with Gasteiger partial charge in [0, 0.05) is 6.07 Å². The molecule has 0 aliphatic heterocycles. The van der Waals surface area contributed by atoms with Crippen LogP contribution in [0.15, 0.2) is 22.4 Å². The van der Waals surface area contributed by atoms with Gasteiger partial charge in [-0.05, 0) is 6.92 Å². The van der Waals surface area contributed by atoms with Gasteiger partial charge < -0.3 is 4.52 Å². The number of hydrogen-bond donors (Lipinski definition) is 0. The van der Waals surface area contributed by atoms with E-state index < -0.39 is 0 Å². The molecule has 2 heterocycles. The average molecular weight is 166 g/mol. The highest BCUT2D eigenvalue weighted by molar-refractivity contribution is 7.13. The van der Waals surface area contributed by atoms with Gasteiger partial charge in [0.05, 0.1) is 16.1 Å². The highest BCUT2D eigenvalue weighted by atomic mass is 32.1. The van der Waals surface area contributed by atoms with Gasteiger partial charge in [-0.3, -0.25) is 0 Å². The molecular formula is C7H6N2OS. The first-order chi connectivity index (χ1) is 5.38. The van der Waals surface area contributed by atoms with Gasteiger partial charge in [-0.15, -0.1) is 11.3 Å². The third-order valence-corrected chi connectivity index (χ3v) is 2.37. The van der Waals surface area contributed by atoms with Crippen molar-refractivity contribution in [3.63, 3.8) is 0 Å². The zero-order valence-corrected chi connectivity index (χ0v) is 6.76. The van der Waals surface area contributed by atoms with Crippen molar-refractivity contribution >= 4 is 11.3 Å². The topological polar surface area (TPSA) is 38.9 Å². The predicted molar refractivity (Wildman–Crippen MR) is 42.3 cm³/mol. The predicted octanol–water partition coefficient (Wildman–Crippen LogP) is 2.11. The summed E-state index contributed by atoms with van der Waals surface area (Å²) in [6.07, 6.45) is 1.56. The van der Waals surface area contributed by atoms with E-state index in [9.17, 15) is 0 Å². The van der Waals surface area contributed by atoms with Gasteiger partial charge in [0.2, 0.25) is 0 Å². The first kappa shape index (κ1) is 6.54. The number of aromatic nitrogens is 2. The lowest BCUT2D eigenvalue weighted by molar-refractivity contribution is 0.422. The molecule has 0 unspecified atom stereocenters. The molecule has 3 nitrogen and oxygen atoms in total. The fraction of sp³-hybridized carbons (Fsp3) is 0.143. The van der Waals surface area contributed by atoms with E-state index in [0.717, 1.165) is 16.3 Å². The van der Waals surface area contributed by atoms with Gasteiger partial charge in [0.15, 0.2) is 0 Å². The van der Waals surface area contributed by atoms with Crippen LogP contribution >= 0.6 is 11.3 Å². The maximum atomic E-state index is 4.72. The molecule has 0 N–H and O–H groups in total. The van der Waals surface area contributed by atoms with E-state index in [4.69, 9.17) is 4.52 Å². The second kappa shape index (κ2) is 2.47. The molecular weight excluding hydrogens is 160 g/mol. The van der Waals surface area contributed by atoms with Crippen LogP contribution in [0.25, 0.3) is 10.6 Å². The molecule has 0 aliphatic rings. The Morgan fingerprint density at radius 3 is 3.00 bits per heavy atom. The number of hydrogen-bond acceptors (Lipinski definition) is 4. The Bertz CT molecular complexity index is 339. The largest absolute Gasteiger partial charge is 0.364 e. The van der Waals surface area contributed by atoms with Crippen molar-refractivity contribution in [3.05, 3.63) is 23.5 Å². The van der Waals surface area contributed by atoms with Crippen LogP contribution < -0.4 is 0 Å². The fourth-order valence-electron chi connectivity index (χ4n) is 0.877. The Kier molecular flexibility index (Phi) is 1.47. The van der Waals surface area contributed by atoms with Gasteiger partial charge in [-0.2, -0.15) is 0 Å². The summed E-state index contributed by atoms with van der Waals surface area (Å²) in [5.41, 5.74) is 3.67. The fourth-order valence-corrected chi connectivity index (χ4v) is 1.64. The molecule has 2 aromatic heterocycles. The van der Waals surface area contributed by atoms with Gasteiger partial charge in [0.1, 0.15) is 12.0 Å². The average Bonchev–Trinajstić information content (AvgIpc) is 2.55. The first-order valence-electron chi connectivity index (χ1n) is 3.19. The van der Waals surface area contributed by atoms with Crippen LogP contribution in [0.2, 0.25) is 0 Å². The van der Waals surface area contributed by atoms with E-state index >= 15 is 0 Å². The molecule has 0 spiro atoms. The standard InChI is InChI=1S/C7H6N2OS/c1-5-7(11-4-8-5)6-2-3-10-9-6/h2-4H,1H3. The molecule has 0 amide bonds. The van der Waals surface area contributed by atoms with Gasteiger partial charge in [-0.1, -0.05) is 5.16 Å². The minimum absolute atomic E-state index is 0.866. The van der Waals surface area contributed by atoms with Crippen LogP contribution in [0.1, 0.15) is 5.69 Å². The van der Waals surface area contributed by atoms with E-state index in [1.165, 1.54) is 0 Å². The van der Waals surface area contributed by atoms with Crippen LogP contribution in [0.3, 0.4) is 0 Å². The minimum Gasteiger partial charge on any atom is -0.364 e. The van der Waals surface area contributed by atoms with Crippen LogP contribution in [-0.2, 0) is 0 Å². The summed E-state index contributed by atoms with van der Waals surface area (Å²) in [5, 5.41) is 3.81. The monoisotopic (exact) mass is 166 g/mol. The van der Waals surface area contributed by atoms with E-state index in [2.05, 4.69) is 10.1 Å². The molecule has 4 heteroatoms. The van der Waals surface area contributed by atoms with E-state index in [-0.39, 0.29) is 0 Å². The quantitative estimate of drug-likeness (QED) is 0.651. The van der Waals surface area contributed by atoms with Crippen molar-refractivity contribution < 1.29 is 4.52 Å². The van der Waals surface area contributed by atoms with E-state index in [1.807, 2.05) is 13.0 Å². The summed E-state index contributed by atoms with van der Waals surface area (Å²) in [5.74, 6) is 0.